The molecule has 2 atom stereocenters. The second-order valence-corrected chi connectivity index (χ2v) is 9.03. The van der Waals surface area contributed by atoms with Crippen molar-refractivity contribution in [1.29, 1.82) is 0 Å². The van der Waals surface area contributed by atoms with Crippen LogP contribution in [0.15, 0.2) is 0 Å². The van der Waals surface area contributed by atoms with E-state index in [9.17, 15) is 51.5 Å². The van der Waals surface area contributed by atoms with Crippen molar-refractivity contribution in [3.63, 3.8) is 0 Å². The van der Waals surface area contributed by atoms with Gasteiger partial charge in [0.2, 0.25) is 41.5 Å². The lowest BCUT2D eigenvalue weighted by Gasteiger charge is -2.19. The molecule has 43 heavy (non-hydrogen) atoms. The van der Waals surface area contributed by atoms with Gasteiger partial charge in [-0.3, -0.25) is 38.4 Å². The van der Waals surface area contributed by atoms with Crippen LogP contribution in [0.2, 0.25) is 0 Å². The van der Waals surface area contributed by atoms with Gasteiger partial charge in [-0.05, 0) is 5.92 Å². The molecule has 0 saturated carbocycles. The highest BCUT2D eigenvalue weighted by Gasteiger charge is 2.45. The molecule has 18 nitrogen and oxygen atoms in total. The predicted molar refractivity (Wildman–Crippen MR) is 137 cm³/mol. The van der Waals surface area contributed by atoms with Gasteiger partial charge in [0.05, 0.1) is 32.7 Å². The summed E-state index contributed by atoms with van der Waals surface area (Å²) in [6, 6.07) is -1.19. The van der Waals surface area contributed by atoms with Crippen LogP contribution in [-0.2, 0) is 43.1 Å². The number of ether oxygens (including phenoxy) is 1. The maximum absolute atomic E-state index is 12.5. The largest absolute Gasteiger partial charge is 0.480 e. The van der Waals surface area contributed by atoms with E-state index in [1.54, 1.807) is 13.8 Å². The monoisotopic (exact) mass is 628 g/mol. The normalized spacial score (nSPS) is 12.3. The zero-order chi connectivity index (χ0) is 33.2. The van der Waals surface area contributed by atoms with Gasteiger partial charge in [0, 0.05) is 13.0 Å². The molecular weight excluding hydrogens is 593 g/mol. The fourth-order valence-electron chi connectivity index (χ4n) is 2.78. The Morgan fingerprint density at radius 3 is 1.63 bits per heavy atom. The molecule has 0 heterocycles. The van der Waals surface area contributed by atoms with Gasteiger partial charge < -0.3 is 52.8 Å². The van der Waals surface area contributed by atoms with E-state index >= 15 is 0 Å². The number of alkyl halides is 3. The van der Waals surface area contributed by atoms with Crippen LogP contribution in [0.25, 0.3) is 0 Å². The van der Waals surface area contributed by atoms with Gasteiger partial charge in [-0.2, -0.15) is 13.2 Å². The Morgan fingerprint density at radius 2 is 1.21 bits per heavy atom. The number of halogens is 3. The van der Waals surface area contributed by atoms with Crippen LogP contribution < -0.4 is 43.0 Å². The average Bonchev–Trinajstić information content (AvgIpc) is 2.88. The van der Waals surface area contributed by atoms with Crippen LogP contribution >= 0.6 is 0 Å². The highest BCUT2D eigenvalue weighted by atomic mass is 19.4. The number of rotatable bonds is 20. The standard InChI is InChI=1S/C22H35F3N8O10/c1-11(2)3-13(34)33-12(4-27-9-18(39)40)21(42)31-8-16(37)29-6-14(35)28-5-15(36)30-7-17(38)32-10-43-19(20(26)41)22(23,24)25/h11-12,19,27H,3-10H2,1-2H3,(H2,26,41)(H,28,35)(H,29,37)(H,30,36)(H,31,42)(H,32,38)(H,33,34)(H,39,40). The summed E-state index contributed by atoms with van der Waals surface area (Å²) in [5, 5.41) is 24.0. The van der Waals surface area contributed by atoms with E-state index in [0.717, 1.165) is 0 Å². The fourth-order valence-corrected chi connectivity index (χ4v) is 2.78. The van der Waals surface area contributed by atoms with E-state index in [2.05, 4.69) is 37.1 Å². The molecule has 0 aliphatic heterocycles. The molecule has 2 unspecified atom stereocenters. The summed E-state index contributed by atoms with van der Waals surface area (Å²) in [7, 11) is 0. The third-order valence-corrected chi connectivity index (χ3v) is 4.71. The Hall–Kier alpha value is -4.53. The summed E-state index contributed by atoms with van der Waals surface area (Å²) in [5.74, 6) is -7.81. The molecule has 0 aliphatic carbocycles. The van der Waals surface area contributed by atoms with Crippen molar-refractivity contribution in [2.45, 2.75) is 38.6 Å². The minimum absolute atomic E-state index is 0.0167. The minimum atomic E-state index is -5.09. The summed E-state index contributed by atoms with van der Waals surface area (Å²) in [6.07, 6.45) is -7.93. The van der Waals surface area contributed by atoms with Crippen molar-refractivity contribution in [3.05, 3.63) is 0 Å². The number of carbonyl (C=O) groups is 8. The Kier molecular flexibility index (Phi) is 17.5. The second-order valence-electron chi connectivity index (χ2n) is 9.03. The van der Waals surface area contributed by atoms with Gasteiger partial charge in [-0.25, -0.2) is 0 Å². The second kappa shape index (κ2) is 19.6. The molecule has 0 saturated heterocycles. The summed E-state index contributed by atoms with van der Waals surface area (Å²) >= 11 is 0. The summed E-state index contributed by atoms with van der Waals surface area (Å²) in [4.78, 5) is 93.0. The van der Waals surface area contributed by atoms with Crippen LogP contribution in [0, 0.1) is 5.92 Å². The number of hydrogen-bond acceptors (Lipinski definition) is 10. The lowest BCUT2D eigenvalue weighted by molar-refractivity contribution is -0.218. The average molecular weight is 629 g/mol. The van der Waals surface area contributed by atoms with Gasteiger partial charge >= 0.3 is 12.1 Å². The van der Waals surface area contributed by atoms with Crippen LogP contribution in [0.4, 0.5) is 13.2 Å². The van der Waals surface area contributed by atoms with Crippen molar-refractivity contribution in [1.82, 2.24) is 37.2 Å². The first-order chi connectivity index (χ1) is 19.9. The number of amides is 7. The molecule has 0 fully saturated rings. The Bertz CT molecular complexity index is 1030. The Labute approximate surface area is 242 Å². The first-order valence-corrected chi connectivity index (χ1v) is 12.5. The maximum atomic E-state index is 12.5. The number of aliphatic carboxylic acids is 1. The van der Waals surface area contributed by atoms with Crippen LogP contribution in [0.3, 0.4) is 0 Å². The number of nitrogens with two attached hydrogens (primary N) is 1. The number of primary amides is 1. The summed E-state index contributed by atoms with van der Waals surface area (Å²) in [5.41, 5.74) is 4.56. The van der Waals surface area contributed by atoms with Crippen LogP contribution in [-0.4, -0.2) is 117 Å². The molecular formula is C22H35F3N8O10. The molecule has 0 rings (SSSR count). The predicted octanol–water partition coefficient (Wildman–Crippen LogP) is -4.84. The van der Waals surface area contributed by atoms with E-state index < -0.39 is 105 Å². The van der Waals surface area contributed by atoms with Crippen molar-refractivity contribution in [2.24, 2.45) is 11.7 Å². The molecule has 244 valence electrons. The number of nitrogens with one attached hydrogen (secondary N) is 7. The van der Waals surface area contributed by atoms with Crippen molar-refractivity contribution in [3.8, 4) is 0 Å². The first kappa shape index (κ1) is 38.5. The van der Waals surface area contributed by atoms with Gasteiger partial charge in [0.1, 0.15) is 12.8 Å². The van der Waals surface area contributed by atoms with Crippen LogP contribution in [0.5, 0.6) is 0 Å². The highest BCUT2D eigenvalue weighted by Crippen LogP contribution is 2.22. The molecule has 10 N–H and O–H groups in total. The SMILES string of the molecule is CC(C)CC(=O)NC(CNCC(=O)O)C(=O)NCC(=O)NCC(=O)NCC(=O)NCC(=O)NCOC(C(N)=O)C(F)(F)F. The first-order valence-electron chi connectivity index (χ1n) is 12.5. The van der Waals surface area contributed by atoms with E-state index in [1.807, 2.05) is 10.6 Å². The van der Waals surface area contributed by atoms with Crippen molar-refractivity contribution >= 4 is 47.3 Å². The molecule has 21 heteroatoms. The van der Waals surface area contributed by atoms with Gasteiger partial charge in [0.25, 0.3) is 5.91 Å². The highest BCUT2D eigenvalue weighted by molar-refractivity contribution is 5.93. The zero-order valence-corrected chi connectivity index (χ0v) is 23.2. The molecule has 0 aliphatic rings. The summed E-state index contributed by atoms with van der Waals surface area (Å²) < 4.78 is 41.7. The molecule has 0 aromatic rings. The van der Waals surface area contributed by atoms with Gasteiger partial charge in [-0.15, -0.1) is 0 Å². The third-order valence-electron chi connectivity index (χ3n) is 4.71. The number of carboxylic acid groups (broad SMARTS) is 1. The number of hydrogen-bond donors (Lipinski definition) is 9. The maximum Gasteiger partial charge on any atom is 0.423 e. The van der Waals surface area contributed by atoms with E-state index in [-0.39, 0.29) is 18.9 Å². The Morgan fingerprint density at radius 1 is 0.744 bits per heavy atom. The number of carboxylic acids is 1. The Balaban J connectivity index is 4.40. The summed E-state index contributed by atoms with van der Waals surface area (Å²) in [6.45, 7) is -0.787. The molecule has 0 spiro atoms. The molecule has 0 radical (unpaired) electrons. The fraction of sp³-hybridized carbons (Fsp3) is 0.636. The van der Waals surface area contributed by atoms with Crippen LogP contribution in [0.1, 0.15) is 20.3 Å². The van der Waals surface area contributed by atoms with Gasteiger partial charge in [0.15, 0.2) is 0 Å². The molecule has 0 aromatic carbocycles. The minimum Gasteiger partial charge on any atom is -0.480 e. The van der Waals surface area contributed by atoms with E-state index in [0.29, 0.717) is 0 Å². The number of carbonyl (C=O) groups excluding carboxylic acids is 7. The lowest BCUT2D eigenvalue weighted by Crippen LogP contribution is -2.54. The third kappa shape index (κ3) is 19.3. The zero-order valence-electron chi connectivity index (χ0n) is 23.2. The topological polar surface area (TPSA) is 276 Å². The molecule has 7 amide bonds. The van der Waals surface area contributed by atoms with Gasteiger partial charge in [-0.1, -0.05) is 13.8 Å². The van der Waals surface area contributed by atoms with Crippen molar-refractivity contribution < 1.29 is 61.4 Å². The van der Waals surface area contributed by atoms with E-state index in [4.69, 9.17) is 5.11 Å². The van der Waals surface area contributed by atoms with E-state index in [1.165, 1.54) is 0 Å². The molecule has 0 aromatic heterocycles. The molecule has 0 bridgehead atoms. The van der Waals surface area contributed by atoms with Crippen molar-refractivity contribution in [2.75, 3.05) is 46.0 Å². The quantitative estimate of drug-likeness (QED) is 0.0577. The lowest BCUT2D eigenvalue weighted by atomic mass is 10.1. The smallest absolute Gasteiger partial charge is 0.423 e.